The molecule has 4 rings (SSSR count). The summed E-state index contributed by atoms with van der Waals surface area (Å²) in [6, 6.07) is 19.8. The van der Waals surface area contributed by atoms with Crippen LogP contribution in [0.5, 0.6) is 0 Å². The van der Waals surface area contributed by atoms with E-state index >= 15 is 0 Å². The lowest BCUT2D eigenvalue weighted by Crippen LogP contribution is -2.40. The Morgan fingerprint density at radius 1 is 1.04 bits per heavy atom. The summed E-state index contributed by atoms with van der Waals surface area (Å²) in [5.41, 5.74) is 1.60. The molecule has 0 radical (unpaired) electrons. The first kappa shape index (κ1) is 17.0. The van der Waals surface area contributed by atoms with E-state index in [-0.39, 0.29) is 23.8 Å². The van der Waals surface area contributed by atoms with Crippen molar-refractivity contribution in [1.29, 1.82) is 0 Å². The molecule has 134 valence electrons. The third-order valence-electron chi connectivity index (χ3n) is 5.92. The number of benzene rings is 2. The fourth-order valence-corrected chi connectivity index (χ4v) is 4.42. The molecule has 0 aromatic heterocycles. The average molecular weight is 348 g/mol. The van der Waals surface area contributed by atoms with E-state index in [2.05, 4.69) is 17.0 Å². The first-order chi connectivity index (χ1) is 12.5. The molecule has 2 aromatic carbocycles. The molecular formula is C22H24N2O2. The molecule has 2 heterocycles. The summed E-state index contributed by atoms with van der Waals surface area (Å²) in [5, 5.41) is 0. The lowest BCUT2D eigenvalue weighted by atomic mass is 9.82. The molecule has 2 aromatic rings. The van der Waals surface area contributed by atoms with Crippen LogP contribution < -0.4 is 0 Å². The van der Waals surface area contributed by atoms with Crippen LogP contribution in [0, 0.1) is 11.3 Å². The fourth-order valence-electron chi connectivity index (χ4n) is 4.42. The predicted octanol–water partition coefficient (Wildman–Crippen LogP) is 3.25. The Kier molecular flexibility index (Phi) is 4.16. The molecule has 0 aliphatic carbocycles. The normalized spacial score (nSPS) is 27.0. The summed E-state index contributed by atoms with van der Waals surface area (Å²) in [6.45, 7) is 5.96. The van der Waals surface area contributed by atoms with Gasteiger partial charge in [-0.1, -0.05) is 60.7 Å². The molecule has 2 aliphatic rings. The van der Waals surface area contributed by atoms with Gasteiger partial charge in [0.05, 0.1) is 17.4 Å². The van der Waals surface area contributed by atoms with Crippen molar-refractivity contribution in [1.82, 2.24) is 9.80 Å². The maximum atomic E-state index is 13.2. The lowest BCUT2D eigenvalue weighted by molar-refractivity contribution is -0.144. The smallest absolute Gasteiger partial charge is 0.237 e. The zero-order chi connectivity index (χ0) is 18.3. The monoisotopic (exact) mass is 348 g/mol. The number of hydrogen-bond acceptors (Lipinski definition) is 3. The molecule has 0 unspecified atom stereocenters. The number of fused-ring (bicyclic) bond motifs is 1. The molecule has 0 saturated carbocycles. The fraction of sp³-hybridized carbons (Fsp3) is 0.364. The number of nitrogens with zero attached hydrogens (tertiary/aromatic N) is 2. The third kappa shape index (κ3) is 2.65. The van der Waals surface area contributed by atoms with E-state index in [1.165, 1.54) is 10.5 Å². The van der Waals surface area contributed by atoms with Crippen LogP contribution in [0.1, 0.15) is 31.0 Å². The van der Waals surface area contributed by atoms with Gasteiger partial charge in [0.15, 0.2) is 0 Å². The molecule has 4 heteroatoms. The minimum absolute atomic E-state index is 0.0237. The van der Waals surface area contributed by atoms with Crippen molar-refractivity contribution >= 4 is 11.8 Å². The molecule has 3 atom stereocenters. The van der Waals surface area contributed by atoms with Gasteiger partial charge >= 0.3 is 0 Å². The molecule has 2 aliphatic heterocycles. The number of amides is 2. The Morgan fingerprint density at radius 3 is 2.27 bits per heavy atom. The van der Waals surface area contributed by atoms with Gasteiger partial charge in [0.25, 0.3) is 0 Å². The number of rotatable bonds is 4. The van der Waals surface area contributed by atoms with Crippen molar-refractivity contribution in [3.05, 3.63) is 71.8 Å². The van der Waals surface area contributed by atoms with Crippen LogP contribution in [0.15, 0.2) is 60.7 Å². The summed E-state index contributed by atoms with van der Waals surface area (Å²) < 4.78 is 0. The Balaban J connectivity index is 1.54. The molecule has 26 heavy (non-hydrogen) atoms. The van der Waals surface area contributed by atoms with Gasteiger partial charge in [-0.3, -0.25) is 19.4 Å². The van der Waals surface area contributed by atoms with E-state index in [0.717, 1.165) is 12.1 Å². The summed E-state index contributed by atoms with van der Waals surface area (Å²) >= 11 is 0. The van der Waals surface area contributed by atoms with E-state index in [9.17, 15) is 9.59 Å². The zero-order valence-electron chi connectivity index (χ0n) is 15.3. The highest BCUT2D eigenvalue weighted by Crippen LogP contribution is 2.46. The van der Waals surface area contributed by atoms with Crippen LogP contribution in [0.2, 0.25) is 0 Å². The van der Waals surface area contributed by atoms with Gasteiger partial charge in [-0.2, -0.15) is 0 Å². The molecule has 0 N–H and O–H groups in total. The Labute approximate surface area is 154 Å². The Bertz CT molecular complexity index is 821. The van der Waals surface area contributed by atoms with Crippen molar-refractivity contribution in [2.75, 3.05) is 13.1 Å². The van der Waals surface area contributed by atoms with E-state index in [4.69, 9.17) is 0 Å². The lowest BCUT2D eigenvalue weighted by Gasteiger charge is -2.28. The highest BCUT2D eigenvalue weighted by atomic mass is 16.2. The van der Waals surface area contributed by atoms with Crippen LogP contribution in [-0.2, 0) is 16.1 Å². The van der Waals surface area contributed by atoms with Gasteiger partial charge in [0.2, 0.25) is 11.8 Å². The van der Waals surface area contributed by atoms with Crippen LogP contribution in [0.4, 0.5) is 0 Å². The van der Waals surface area contributed by atoms with Crippen LogP contribution in [-0.4, -0.2) is 34.7 Å². The second-order valence-corrected chi connectivity index (χ2v) is 7.73. The summed E-state index contributed by atoms with van der Waals surface area (Å²) in [4.78, 5) is 30.0. The SMILES string of the molecule is C[C@H](c1ccccc1)N1C(=O)[C@@H]2CN(Cc3ccccc3)C[C@]2(C)C1=O. The van der Waals surface area contributed by atoms with E-state index < -0.39 is 5.41 Å². The van der Waals surface area contributed by atoms with Crippen molar-refractivity contribution < 1.29 is 9.59 Å². The Hall–Kier alpha value is -2.46. The first-order valence-corrected chi connectivity index (χ1v) is 9.19. The largest absolute Gasteiger partial charge is 0.297 e. The number of carbonyl (C=O) groups is 2. The Morgan fingerprint density at radius 2 is 1.65 bits per heavy atom. The van der Waals surface area contributed by atoms with Crippen LogP contribution in [0.25, 0.3) is 0 Å². The number of carbonyl (C=O) groups excluding carboxylic acids is 2. The average Bonchev–Trinajstić information content (AvgIpc) is 3.08. The second-order valence-electron chi connectivity index (χ2n) is 7.73. The molecule has 2 amide bonds. The highest BCUT2D eigenvalue weighted by molar-refractivity contribution is 6.08. The summed E-state index contributed by atoms with van der Waals surface area (Å²) in [7, 11) is 0. The zero-order valence-corrected chi connectivity index (χ0v) is 15.3. The predicted molar refractivity (Wildman–Crippen MR) is 100 cm³/mol. The van der Waals surface area contributed by atoms with Crippen molar-refractivity contribution in [2.24, 2.45) is 11.3 Å². The van der Waals surface area contributed by atoms with Gasteiger partial charge in [-0.15, -0.1) is 0 Å². The topological polar surface area (TPSA) is 40.6 Å². The molecule has 2 saturated heterocycles. The van der Waals surface area contributed by atoms with E-state index in [0.29, 0.717) is 13.1 Å². The summed E-state index contributed by atoms with van der Waals surface area (Å²) in [6.07, 6.45) is 0. The number of likely N-dealkylation sites (tertiary alicyclic amines) is 2. The molecule has 2 fully saturated rings. The van der Waals surface area contributed by atoms with E-state index in [1.807, 2.05) is 62.4 Å². The molecular weight excluding hydrogens is 324 g/mol. The second kappa shape index (κ2) is 6.36. The number of imide groups is 1. The van der Waals surface area contributed by atoms with Crippen LogP contribution >= 0.6 is 0 Å². The maximum absolute atomic E-state index is 13.2. The van der Waals surface area contributed by atoms with Crippen LogP contribution in [0.3, 0.4) is 0 Å². The quantitative estimate of drug-likeness (QED) is 0.797. The molecule has 4 nitrogen and oxygen atoms in total. The summed E-state index contributed by atoms with van der Waals surface area (Å²) in [5.74, 6) is -0.297. The standard InChI is InChI=1S/C22H24N2O2/c1-16(18-11-7-4-8-12-18)24-20(25)19-14-23(15-22(19,2)21(24)26)13-17-9-5-3-6-10-17/h3-12,16,19H,13-15H2,1-2H3/t16-,19+,22+/m1/s1. The van der Waals surface area contributed by atoms with Crippen molar-refractivity contribution in [3.8, 4) is 0 Å². The minimum atomic E-state index is -0.616. The van der Waals surface area contributed by atoms with Gasteiger partial charge < -0.3 is 0 Å². The van der Waals surface area contributed by atoms with Crippen molar-refractivity contribution in [2.45, 2.75) is 26.4 Å². The number of hydrogen-bond donors (Lipinski definition) is 0. The highest BCUT2D eigenvalue weighted by Gasteiger charge is 2.61. The third-order valence-corrected chi connectivity index (χ3v) is 5.92. The first-order valence-electron chi connectivity index (χ1n) is 9.19. The minimum Gasteiger partial charge on any atom is -0.297 e. The van der Waals surface area contributed by atoms with Gasteiger partial charge in [0, 0.05) is 19.6 Å². The molecule has 0 bridgehead atoms. The van der Waals surface area contributed by atoms with Gasteiger partial charge in [-0.05, 0) is 25.0 Å². The molecule has 0 spiro atoms. The van der Waals surface area contributed by atoms with Crippen molar-refractivity contribution in [3.63, 3.8) is 0 Å². The van der Waals surface area contributed by atoms with Gasteiger partial charge in [0.1, 0.15) is 0 Å². The van der Waals surface area contributed by atoms with E-state index in [1.54, 1.807) is 0 Å². The maximum Gasteiger partial charge on any atom is 0.237 e. The van der Waals surface area contributed by atoms with Gasteiger partial charge in [-0.25, -0.2) is 0 Å².